The Morgan fingerprint density at radius 2 is 1.86 bits per heavy atom. The molecule has 2 aromatic heterocycles. The number of imidazole rings is 1. The largest absolute Gasteiger partial charge is 0.394 e. The predicted octanol–water partition coefficient (Wildman–Crippen LogP) is 4.88. The van der Waals surface area contributed by atoms with Gasteiger partial charge >= 0.3 is 0 Å². The lowest BCUT2D eigenvalue weighted by molar-refractivity contribution is 0.0356. The van der Waals surface area contributed by atoms with Crippen molar-refractivity contribution < 1.29 is 5.11 Å². The van der Waals surface area contributed by atoms with Crippen LogP contribution < -0.4 is 4.90 Å². The molecule has 0 unspecified atom stereocenters. The molecule has 2 saturated heterocycles. The molecule has 0 spiro atoms. The molecule has 2 aliphatic heterocycles. The number of piperazine rings is 1. The highest BCUT2D eigenvalue weighted by Crippen LogP contribution is 2.32. The fourth-order valence-electron chi connectivity index (χ4n) is 5.77. The zero-order valence-electron chi connectivity index (χ0n) is 20.7. The van der Waals surface area contributed by atoms with Crippen LogP contribution in [0.3, 0.4) is 0 Å². The molecule has 2 fully saturated rings. The van der Waals surface area contributed by atoms with Crippen LogP contribution in [0.5, 0.6) is 0 Å². The molecule has 0 aliphatic carbocycles. The van der Waals surface area contributed by atoms with Crippen molar-refractivity contribution in [2.75, 3.05) is 44.2 Å². The lowest BCUT2D eigenvalue weighted by Gasteiger charge is -2.48. The van der Waals surface area contributed by atoms with Gasteiger partial charge in [0.25, 0.3) is 0 Å². The summed E-state index contributed by atoms with van der Waals surface area (Å²) in [5, 5.41) is 11.5. The van der Waals surface area contributed by atoms with E-state index in [1.165, 1.54) is 0 Å². The molecular weight excluding hydrogens is 495 g/mol. The van der Waals surface area contributed by atoms with Crippen molar-refractivity contribution in [2.24, 2.45) is 0 Å². The van der Waals surface area contributed by atoms with E-state index in [2.05, 4.69) is 31.6 Å². The van der Waals surface area contributed by atoms with Gasteiger partial charge in [0.05, 0.1) is 17.7 Å². The Balaban J connectivity index is 1.21. The number of hydrogen-bond donors (Lipinski definition) is 2. The van der Waals surface area contributed by atoms with Crippen molar-refractivity contribution in [2.45, 2.75) is 44.3 Å². The molecule has 4 heterocycles. The molecule has 7 nitrogen and oxygen atoms in total. The summed E-state index contributed by atoms with van der Waals surface area (Å²) in [7, 11) is 0. The number of piperidine rings is 1. The maximum atomic E-state index is 10.1. The molecule has 9 heteroatoms. The highest BCUT2D eigenvalue weighted by Gasteiger charge is 2.35. The second-order valence-electron chi connectivity index (χ2n) is 9.73. The van der Waals surface area contributed by atoms with Gasteiger partial charge in [0, 0.05) is 74.0 Å². The maximum absolute atomic E-state index is 10.1. The summed E-state index contributed by atoms with van der Waals surface area (Å²) in [5.74, 6) is 1.63. The molecular formula is C27H34Cl2N6O. The molecule has 36 heavy (non-hydrogen) atoms. The minimum absolute atomic E-state index is 0.0272. The number of likely N-dealkylation sites (tertiary alicyclic amines) is 1. The number of aliphatic hydroxyl groups is 1. The molecule has 2 atom stereocenters. The number of nitrogens with zero attached hydrogens (tertiary/aromatic N) is 5. The number of anilines is 1. The first-order valence-electron chi connectivity index (χ1n) is 12.8. The summed E-state index contributed by atoms with van der Waals surface area (Å²) in [6.45, 7) is 7.19. The molecule has 0 amide bonds. The maximum Gasteiger partial charge on any atom is 0.147 e. The van der Waals surface area contributed by atoms with Crippen LogP contribution in [0, 0.1) is 0 Å². The normalized spacial score (nSPS) is 21.1. The van der Waals surface area contributed by atoms with Gasteiger partial charge in [-0.3, -0.25) is 9.80 Å². The van der Waals surface area contributed by atoms with Gasteiger partial charge in [0.15, 0.2) is 0 Å². The smallest absolute Gasteiger partial charge is 0.147 e. The summed E-state index contributed by atoms with van der Waals surface area (Å²) in [6.07, 6.45) is 8.68. The van der Waals surface area contributed by atoms with Gasteiger partial charge in [-0.25, -0.2) is 9.97 Å². The van der Waals surface area contributed by atoms with Crippen LogP contribution in [0.25, 0.3) is 11.4 Å². The van der Waals surface area contributed by atoms with Gasteiger partial charge in [0.2, 0.25) is 0 Å². The van der Waals surface area contributed by atoms with E-state index in [0.29, 0.717) is 17.1 Å². The van der Waals surface area contributed by atoms with Crippen LogP contribution in [0.15, 0.2) is 48.9 Å². The number of rotatable bonds is 7. The Hall–Kier alpha value is -2.16. The average Bonchev–Trinajstić information content (AvgIpc) is 3.45. The summed E-state index contributed by atoms with van der Waals surface area (Å²) < 4.78 is 0. The zero-order chi connectivity index (χ0) is 25.1. The molecule has 0 bridgehead atoms. The Morgan fingerprint density at radius 3 is 2.50 bits per heavy atom. The zero-order valence-corrected chi connectivity index (χ0v) is 22.2. The molecule has 0 radical (unpaired) electrons. The highest BCUT2D eigenvalue weighted by molar-refractivity contribution is 6.33. The first-order valence-corrected chi connectivity index (χ1v) is 13.6. The van der Waals surface area contributed by atoms with Crippen LogP contribution in [-0.2, 0) is 0 Å². The molecule has 192 valence electrons. The first kappa shape index (κ1) is 25.5. The van der Waals surface area contributed by atoms with Crippen molar-refractivity contribution in [1.29, 1.82) is 0 Å². The third-order valence-electron chi connectivity index (χ3n) is 7.73. The van der Waals surface area contributed by atoms with E-state index in [1.807, 2.05) is 36.5 Å². The van der Waals surface area contributed by atoms with E-state index >= 15 is 0 Å². The van der Waals surface area contributed by atoms with Crippen LogP contribution in [-0.4, -0.2) is 81.3 Å². The van der Waals surface area contributed by atoms with Crippen LogP contribution in [0.2, 0.25) is 10.0 Å². The Kier molecular flexibility index (Phi) is 8.13. The lowest BCUT2D eigenvalue weighted by Crippen LogP contribution is -2.58. The number of aromatic amines is 1. The van der Waals surface area contributed by atoms with Crippen LogP contribution in [0.1, 0.15) is 37.8 Å². The fraction of sp³-hybridized carbons (Fsp3) is 0.481. The standard InChI is InChI=1S/C27H34Cl2N6O/c1-2-22-17-34(27-24(29)15-20(16-32-27)26-30-9-10-31-26)13-14-35(22)23-7-11-33(12-8-23)25(18-36)19-3-5-21(28)6-4-19/h3-6,9-10,15-16,22-23,25,36H,2,7-8,11-14,17-18H2,1H3,(H,30,31)/t22-,25+/m0/s1. The number of aliphatic hydroxyl groups excluding tert-OH is 1. The number of aromatic nitrogens is 3. The number of nitrogens with one attached hydrogen (secondary N) is 1. The third kappa shape index (κ3) is 5.41. The van der Waals surface area contributed by atoms with Gasteiger partial charge < -0.3 is 15.0 Å². The molecule has 2 aliphatic rings. The Morgan fingerprint density at radius 1 is 1.08 bits per heavy atom. The molecule has 2 N–H and O–H groups in total. The summed E-state index contributed by atoms with van der Waals surface area (Å²) in [4.78, 5) is 19.6. The van der Waals surface area contributed by atoms with E-state index in [4.69, 9.17) is 28.2 Å². The summed E-state index contributed by atoms with van der Waals surface area (Å²) in [5.41, 5.74) is 2.02. The molecule has 5 rings (SSSR count). The van der Waals surface area contributed by atoms with Crippen LogP contribution in [0.4, 0.5) is 5.82 Å². The van der Waals surface area contributed by atoms with E-state index in [0.717, 1.165) is 79.8 Å². The minimum Gasteiger partial charge on any atom is -0.394 e. The van der Waals surface area contributed by atoms with E-state index in [1.54, 1.807) is 12.4 Å². The van der Waals surface area contributed by atoms with E-state index in [-0.39, 0.29) is 12.6 Å². The van der Waals surface area contributed by atoms with Gasteiger partial charge in [-0.1, -0.05) is 42.3 Å². The van der Waals surface area contributed by atoms with Crippen molar-refractivity contribution in [3.05, 3.63) is 64.5 Å². The third-order valence-corrected chi connectivity index (χ3v) is 8.26. The highest BCUT2D eigenvalue weighted by atomic mass is 35.5. The van der Waals surface area contributed by atoms with Gasteiger partial charge in [-0.15, -0.1) is 0 Å². The molecule has 3 aromatic rings. The monoisotopic (exact) mass is 528 g/mol. The molecule has 0 saturated carbocycles. The second-order valence-corrected chi connectivity index (χ2v) is 10.6. The second kappa shape index (κ2) is 11.5. The minimum atomic E-state index is 0.0272. The summed E-state index contributed by atoms with van der Waals surface area (Å²) in [6, 6.07) is 10.9. The Labute approximate surface area is 223 Å². The van der Waals surface area contributed by atoms with Gasteiger partial charge in [-0.2, -0.15) is 0 Å². The number of hydrogen-bond acceptors (Lipinski definition) is 6. The van der Waals surface area contributed by atoms with Crippen molar-refractivity contribution in [3.8, 4) is 11.4 Å². The average molecular weight is 530 g/mol. The van der Waals surface area contributed by atoms with Crippen molar-refractivity contribution >= 4 is 29.0 Å². The van der Waals surface area contributed by atoms with E-state index < -0.39 is 0 Å². The quantitative estimate of drug-likeness (QED) is 0.455. The first-order chi connectivity index (χ1) is 17.6. The van der Waals surface area contributed by atoms with E-state index in [9.17, 15) is 5.11 Å². The van der Waals surface area contributed by atoms with Crippen molar-refractivity contribution in [3.63, 3.8) is 0 Å². The Bertz CT molecular complexity index is 1120. The molecule has 1 aromatic carbocycles. The summed E-state index contributed by atoms with van der Waals surface area (Å²) >= 11 is 12.7. The number of H-pyrrole nitrogens is 1. The lowest BCUT2D eigenvalue weighted by atomic mass is 9.96. The SMILES string of the molecule is CC[C@H]1CN(c2ncc(-c3ncc[nH]3)cc2Cl)CCN1C1CCN([C@H](CO)c2ccc(Cl)cc2)CC1. The number of pyridine rings is 1. The van der Waals surface area contributed by atoms with Crippen molar-refractivity contribution in [1.82, 2.24) is 24.8 Å². The topological polar surface area (TPSA) is 71.5 Å². The van der Waals surface area contributed by atoms with Crippen LogP contribution >= 0.6 is 23.2 Å². The fourth-order valence-corrected chi connectivity index (χ4v) is 6.18. The number of benzene rings is 1. The predicted molar refractivity (Wildman–Crippen MR) is 146 cm³/mol. The van der Waals surface area contributed by atoms with Gasteiger partial charge in [-0.05, 0) is 43.0 Å². The number of halogens is 2. The van der Waals surface area contributed by atoms with Gasteiger partial charge in [0.1, 0.15) is 11.6 Å².